The fourth-order valence-corrected chi connectivity index (χ4v) is 2.54. The van der Waals surface area contributed by atoms with Crippen molar-refractivity contribution in [3.05, 3.63) is 58.3 Å². The van der Waals surface area contributed by atoms with E-state index in [2.05, 4.69) is 15.5 Å². The van der Waals surface area contributed by atoms with Gasteiger partial charge in [-0.25, -0.2) is 0 Å². The summed E-state index contributed by atoms with van der Waals surface area (Å²) in [5.74, 6) is 0.983. The van der Waals surface area contributed by atoms with Crippen molar-refractivity contribution in [3.8, 4) is 17.2 Å². The smallest absolute Gasteiger partial charge is 0.262 e. The van der Waals surface area contributed by atoms with Gasteiger partial charge in [0.1, 0.15) is 5.75 Å². The van der Waals surface area contributed by atoms with Gasteiger partial charge in [0.05, 0.1) is 5.02 Å². The van der Waals surface area contributed by atoms with Crippen LogP contribution in [0.25, 0.3) is 11.5 Å². The lowest BCUT2D eigenvalue weighted by Crippen LogP contribution is -2.20. The van der Waals surface area contributed by atoms with Crippen molar-refractivity contribution < 1.29 is 14.1 Å². The van der Waals surface area contributed by atoms with Gasteiger partial charge in [-0.1, -0.05) is 34.4 Å². The van der Waals surface area contributed by atoms with E-state index in [-0.39, 0.29) is 12.5 Å². The monoisotopic (exact) mass is 377 g/mol. The molecule has 0 unspecified atom stereocenters. The van der Waals surface area contributed by atoms with Crippen molar-refractivity contribution in [2.24, 2.45) is 0 Å². The summed E-state index contributed by atoms with van der Waals surface area (Å²) >= 11 is 11.8. The molecule has 0 aliphatic rings. The maximum Gasteiger partial charge on any atom is 0.262 e. The molecule has 0 aliphatic carbocycles. The van der Waals surface area contributed by atoms with Gasteiger partial charge in [-0.05, 0) is 43.3 Å². The van der Waals surface area contributed by atoms with Crippen molar-refractivity contribution in [2.75, 3.05) is 11.9 Å². The number of amides is 1. The second-order valence-electron chi connectivity index (χ2n) is 5.14. The molecule has 3 rings (SSSR count). The summed E-state index contributed by atoms with van der Waals surface area (Å²) in [6.45, 7) is 1.54. The Morgan fingerprint density at radius 1 is 1.24 bits per heavy atom. The predicted molar refractivity (Wildman–Crippen MR) is 95.1 cm³/mol. The fraction of sp³-hybridized carbons (Fsp3) is 0.118. The highest BCUT2D eigenvalue weighted by molar-refractivity contribution is 6.35. The van der Waals surface area contributed by atoms with Crippen LogP contribution in [0.3, 0.4) is 0 Å². The van der Waals surface area contributed by atoms with Gasteiger partial charge >= 0.3 is 0 Å². The number of aromatic nitrogens is 2. The maximum absolute atomic E-state index is 12.1. The second kappa shape index (κ2) is 7.55. The van der Waals surface area contributed by atoms with Crippen molar-refractivity contribution in [1.82, 2.24) is 10.1 Å². The molecule has 2 aromatic carbocycles. The quantitative estimate of drug-likeness (QED) is 0.714. The Hall–Kier alpha value is -2.57. The molecule has 128 valence electrons. The Morgan fingerprint density at radius 3 is 2.80 bits per heavy atom. The Labute approximate surface area is 153 Å². The van der Waals surface area contributed by atoms with Gasteiger partial charge in [-0.3, -0.25) is 4.79 Å². The number of carbonyl (C=O) groups is 1. The second-order valence-corrected chi connectivity index (χ2v) is 5.98. The predicted octanol–water partition coefficient (Wildman–Crippen LogP) is 4.37. The van der Waals surface area contributed by atoms with Crippen LogP contribution in [0.2, 0.25) is 10.0 Å². The molecule has 0 radical (unpaired) electrons. The molecule has 6 nitrogen and oxygen atoms in total. The van der Waals surface area contributed by atoms with Gasteiger partial charge in [0.2, 0.25) is 0 Å². The zero-order valence-electron chi connectivity index (χ0n) is 13.1. The number of nitrogens with one attached hydrogen (secondary N) is 1. The third-order valence-electron chi connectivity index (χ3n) is 3.17. The number of halogens is 2. The molecular weight excluding hydrogens is 365 g/mol. The molecule has 0 bridgehead atoms. The first-order chi connectivity index (χ1) is 12.0. The minimum absolute atomic E-state index is 0.189. The molecule has 0 aliphatic heterocycles. The number of rotatable bonds is 5. The number of hydrogen-bond donors (Lipinski definition) is 1. The first-order valence-electron chi connectivity index (χ1n) is 7.30. The highest BCUT2D eigenvalue weighted by Gasteiger charge is 2.10. The van der Waals surface area contributed by atoms with E-state index in [9.17, 15) is 4.79 Å². The Bertz CT molecular complexity index is 912. The van der Waals surface area contributed by atoms with Crippen molar-refractivity contribution >= 4 is 34.8 Å². The highest BCUT2D eigenvalue weighted by atomic mass is 35.5. The average molecular weight is 378 g/mol. The molecule has 1 amide bonds. The van der Waals surface area contributed by atoms with Gasteiger partial charge in [-0.2, -0.15) is 4.98 Å². The Balaban J connectivity index is 1.63. The summed E-state index contributed by atoms with van der Waals surface area (Å²) in [6, 6.07) is 11.9. The third-order valence-corrected chi connectivity index (χ3v) is 3.70. The summed E-state index contributed by atoms with van der Waals surface area (Å²) in [5, 5.41) is 7.32. The molecule has 0 spiro atoms. The van der Waals surface area contributed by atoms with Crippen molar-refractivity contribution in [3.63, 3.8) is 0 Å². The summed E-state index contributed by atoms with van der Waals surface area (Å²) < 4.78 is 10.5. The molecule has 1 N–H and O–H groups in total. The molecule has 0 fully saturated rings. The number of benzene rings is 2. The van der Waals surface area contributed by atoms with Crippen LogP contribution in [0.1, 0.15) is 5.82 Å². The van der Waals surface area contributed by atoms with Crippen LogP contribution in [-0.4, -0.2) is 22.7 Å². The van der Waals surface area contributed by atoms with E-state index in [1.165, 1.54) is 0 Å². The van der Waals surface area contributed by atoms with Crippen LogP contribution in [0.15, 0.2) is 47.0 Å². The molecule has 25 heavy (non-hydrogen) atoms. The molecule has 1 aromatic heterocycles. The number of ether oxygens (including phenoxy) is 1. The molecular formula is C17H13Cl2N3O3. The largest absolute Gasteiger partial charge is 0.482 e. The average Bonchev–Trinajstić information content (AvgIpc) is 3.01. The summed E-state index contributed by atoms with van der Waals surface area (Å²) in [4.78, 5) is 16.2. The lowest BCUT2D eigenvalue weighted by Gasteiger charge is -2.09. The Morgan fingerprint density at radius 2 is 2.08 bits per heavy atom. The lowest BCUT2D eigenvalue weighted by atomic mass is 10.2. The van der Waals surface area contributed by atoms with Crippen LogP contribution >= 0.6 is 23.2 Å². The van der Waals surface area contributed by atoms with E-state index in [1.807, 2.05) is 6.07 Å². The molecule has 8 heteroatoms. The summed E-state index contributed by atoms with van der Waals surface area (Å²) in [7, 11) is 0. The number of hydrogen-bond acceptors (Lipinski definition) is 5. The number of nitrogens with zero attached hydrogens (tertiary/aromatic N) is 2. The topological polar surface area (TPSA) is 77.2 Å². The number of anilines is 1. The van der Waals surface area contributed by atoms with Gasteiger partial charge < -0.3 is 14.6 Å². The van der Waals surface area contributed by atoms with Crippen molar-refractivity contribution in [2.45, 2.75) is 6.92 Å². The van der Waals surface area contributed by atoms with Crippen LogP contribution in [-0.2, 0) is 4.79 Å². The highest BCUT2D eigenvalue weighted by Crippen LogP contribution is 2.27. The van der Waals surface area contributed by atoms with E-state index < -0.39 is 0 Å². The lowest BCUT2D eigenvalue weighted by molar-refractivity contribution is -0.118. The zero-order chi connectivity index (χ0) is 17.8. The van der Waals surface area contributed by atoms with Gasteiger partial charge in [0.15, 0.2) is 12.4 Å². The van der Waals surface area contributed by atoms with Gasteiger partial charge in [-0.15, -0.1) is 0 Å². The van der Waals surface area contributed by atoms with Gasteiger partial charge in [0.25, 0.3) is 11.8 Å². The minimum Gasteiger partial charge on any atom is -0.482 e. The third kappa shape index (κ3) is 4.49. The van der Waals surface area contributed by atoms with Crippen LogP contribution < -0.4 is 10.1 Å². The van der Waals surface area contributed by atoms with Crippen LogP contribution in [0.4, 0.5) is 5.69 Å². The summed E-state index contributed by atoms with van der Waals surface area (Å²) in [6.07, 6.45) is 0. The SMILES string of the molecule is Cc1noc(-c2cccc(NC(=O)COc3ccc(Cl)cc3Cl)c2)n1. The molecule has 3 aromatic rings. The zero-order valence-corrected chi connectivity index (χ0v) is 14.6. The summed E-state index contributed by atoms with van der Waals surface area (Å²) in [5.41, 5.74) is 1.30. The number of aryl methyl sites for hydroxylation is 1. The Kier molecular flexibility index (Phi) is 5.21. The minimum atomic E-state index is -0.329. The standard InChI is InChI=1S/C17H13Cl2N3O3/c1-10-20-17(25-22-10)11-3-2-4-13(7-11)21-16(23)9-24-15-6-5-12(18)8-14(15)19/h2-8H,9H2,1H3,(H,21,23). The first-order valence-corrected chi connectivity index (χ1v) is 8.05. The first kappa shape index (κ1) is 17.3. The fourth-order valence-electron chi connectivity index (χ4n) is 2.08. The number of carbonyl (C=O) groups excluding carboxylic acids is 1. The van der Waals surface area contributed by atoms with E-state index in [4.69, 9.17) is 32.5 Å². The maximum atomic E-state index is 12.1. The van der Waals surface area contributed by atoms with Crippen LogP contribution in [0, 0.1) is 6.92 Å². The normalized spacial score (nSPS) is 10.5. The van der Waals surface area contributed by atoms with Crippen molar-refractivity contribution in [1.29, 1.82) is 0 Å². The van der Waals surface area contributed by atoms with Gasteiger partial charge in [0, 0.05) is 16.3 Å². The molecule has 0 atom stereocenters. The van der Waals surface area contributed by atoms with E-state index in [1.54, 1.807) is 43.3 Å². The molecule has 0 saturated heterocycles. The van der Waals surface area contributed by atoms with E-state index >= 15 is 0 Å². The molecule has 0 saturated carbocycles. The van der Waals surface area contributed by atoms with E-state index in [0.717, 1.165) is 0 Å². The molecule has 1 heterocycles. The van der Waals surface area contributed by atoms with E-state index in [0.29, 0.717) is 38.8 Å². The van der Waals surface area contributed by atoms with Crippen LogP contribution in [0.5, 0.6) is 5.75 Å².